The molecule has 0 aliphatic rings. The molecule has 94 valence electrons. The predicted molar refractivity (Wildman–Crippen MR) is 63.2 cm³/mol. The summed E-state index contributed by atoms with van der Waals surface area (Å²) in [6.07, 6.45) is 1.46. The van der Waals surface area contributed by atoms with Crippen molar-refractivity contribution in [3.05, 3.63) is 47.7 Å². The normalized spacial score (nSPS) is 10.2. The van der Waals surface area contributed by atoms with Crippen LogP contribution in [0.2, 0.25) is 0 Å². The molecule has 0 aliphatic heterocycles. The SMILES string of the molecule is Cc1cc(NN)cnc1Oc1cc(F)cc(F)c1. The molecule has 18 heavy (non-hydrogen) atoms. The van der Waals surface area contributed by atoms with Crippen molar-refractivity contribution in [3.63, 3.8) is 0 Å². The van der Waals surface area contributed by atoms with Crippen molar-refractivity contribution < 1.29 is 13.5 Å². The van der Waals surface area contributed by atoms with Crippen LogP contribution in [0.5, 0.6) is 11.6 Å². The number of halogens is 2. The van der Waals surface area contributed by atoms with Crippen LogP contribution in [0.1, 0.15) is 5.56 Å². The van der Waals surface area contributed by atoms with E-state index in [9.17, 15) is 8.78 Å². The standard InChI is InChI=1S/C12H11F2N3O/c1-7-2-10(17-15)6-16-12(7)18-11-4-8(13)3-9(14)5-11/h2-6,17H,15H2,1H3. The molecule has 0 fully saturated rings. The Morgan fingerprint density at radius 3 is 2.39 bits per heavy atom. The predicted octanol–water partition coefficient (Wildman–Crippen LogP) is 2.75. The van der Waals surface area contributed by atoms with Gasteiger partial charge in [0.25, 0.3) is 0 Å². The molecule has 0 aliphatic carbocycles. The maximum Gasteiger partial charge on any atom is 0.222 e. The van der Waals surface area contributed by atoms with Gasteiger partial charge >= 0.3 is 0 Å². The summed E-state index contributed by atoms with van der Waals surface area (Å²) in [6.45, 7) is 1.75. The minimum absolute atomic E-state index is 0.0524. The van der Waals surface area contributed by atoms with Crippen molar-refractivity contribution in [3.8, 4) is 11.6 Å². The molecular weight excluding hydrogens is 240 g/mol. The van der Waals surface area contributed by atoms with Crippen LogP contribution >= 0.6 is 0 Å². The summed E-state index contributed by atoms with van der Waals surface area (Å²) < 4.78 is 31.3. The Morgan fingerprint density at radius 2 is 1.83 bits per heavy atom. The molecule has 6 heteroatoms. The van der Waals surface area contributed by atoms with Gasteiger partial charge in [-0.15, -0.1) is 0 Å². The highest BCUT2D eigenvalue weighted by molar-refractivity contribution is 5.46. The summed E-state index contributed by atoms with van der Waals surface area (Å²) >= 11 is 0. The maximum atomic E-state index is 13.0. The molecule has 0 radical (unpaired) electrons. The second-order valence-corrected chi connectivity index (χ2v) is 3.70. The molecule has 0 amide bonds. The van der Waals surface area contributed by atoms with Gasteiger partial charge in [0.2, 0.25) is 5.88 Å². The van der Waals surface area contributed by atoms with Gasteiger partial charge in [-0.3, -0.25) is 5.84 Å². The van der Waals surface area contributed by atoms with Crippen molar-refractivity contribution in [2.45, 2.75) is 6.92 Å². The van der Waals surface area contributed by atoms with E-state index >= 15 is 0 Å². The van der Waals surface area contributed by atoms with Gasteiger partial charge < -0.3 is 10.2 Å². The molecule has 0 unspecified atom stereocenters. The zero-order valence-electron chi connectivity index (χ0n) is 9.58. The maximum absolute atomic E-state index is 13.0. The number of aryl methyl sites for hydroxylation is 1. The van der Waals surface area contributed by atoms with Gasteiger partial charge in [-0.2, -0.15) is 0 Å². The van der Waals surface area contributed by atoms with E-state index in [1.807, 2.05) is 0 Å². The highest BCUT2D eigenvalue weighted by atomic mass is 19.1. The van der Waals surface area contributed by atoms with Crippen molar-refractivity contribution >= 4 is 5.69 Å². The Morgan fingerprint density at radius 1 is 1.17 bits per heavy atom. The number of nitrogens with zero attached hydrogens (tertiary/aromatic N) is 1. The number of nitrogens with one attached hydrogen (secondary N) is 1. The second kappa shape index (κ2) is 4.97. The Hall–Kier alpha value is -2.21. The molecule has 3 N–H and O–H groups in total. The molecule has 1 aromatic heterocycles. The summed E-state index contributed by atoms with van der Waals surface area (Å²) in [7, 11) is 0. The number of nitrogen functional groups attached to an aromatic ring is 1. The topological polar surface area (TPSA) is 60.2 Å². The number of hydrazine groups is 1. The fourth-order valence-corrected chi connectivity index (χ4v) is 1.45. The molecule has 0 atom stereocenters. The van der Waals surface area contributed by atoms with E-state index in [0.29, 0.717) is 11.3 Å². The lowest BCUT2D eigenvalue weighted by Gasteiger charge is -2.09. The molecule has 4 nitrogen and oxygen atoms in total. The number of pyridine rings is 1. The second-order valence-electron chi connectivity index (χ2n) is 3.70. The number of anilines is 1. The quantitative estimate of drug-likeness (QED) is 0.650. The molecular formula is C12H11F2N3O. The highest BCUT2D eigenvalue weighted by Crippen LogP contribution is 2.25. The van der Waals surface area contributed by atoms with Crippen LogP contribution in [0.25, 0.3) is 0 Å². The van der Waals surface area contributed by atoms with Gasteiger partial charge in [-0.25, -0.2) is 13.8 Å². The number of nitrogens with two attached hydrogens (primary N) is 1. The summed E-state index contributed by atoms with van der Waals surface area (Å²) in [4.78, 5) is 3.99. The number of rotatable bonds is 3. The van der Waals surface area contributed by atoms with Gasteiger partial charge in [0, 0.05) is 23.8 Å². The van der Waals surface area contributed by atoms with Crippen molar-refractivity contribution in [2.75, 3.05) is 5.43 Å². The first-order valence-corrected chi connectivity index (χ1v) is 5.15. The summed E-state index contributed by atoms with van der Waals surface area (Å²) in [6, 6.07) is 4.64. The van der Waals surface area contributed by atoms with Crippen LogP contribution in [0.4, 0.5) is 14.5 Å². The van der Waals surface area contributed by atoms with E-state index in [0.717, 1.165) is 18.2 Å². The van der Waals surface area contributed by atoms with Gasteiger partial charge in [-0.05, 0) is 13.0 Å². The zero-order chi connectivity index (χ0) is 13.1. The Labute approximate surface area is 102 Å². The van der Waals surface area contributed by atoms with Gasteiger partial charge in [0.1, 0.15) is 17.4 Å². The van der Waals surface area contributed by atoms with Crippen LogP contribution in [-0.2, 0) is 0 Å². The molecule has 0 saturated heterocycles. The average Bonchev–Trinajstić information content (AvgIpc) is 2.30. The first-order valence-electron chi connectivity index (χ1n) is 5.15. The number of aromatic nitrogens is 1. The highest BCUT2D eigenvalue weighted by Gasteiger charge is 2.07. The van der Waals surface area contributed by atoms with Crippen LogP contribution in [0, 0.1) is 18.6 Å². The van der Waals surface area contributed by atoms with Crippen LogP contribution in [0.3, 0.4) is 0 Å². The smallest absolute Gasteiger partial charge is 0.222 e. The van der Waals surface area contributed by atoms with E-state index in [1.54, 1.807) is 13.0 Å². The Balaban J connectivity index is 2.28. The monoisotopic (exact) mass is 251 g/mol. The zero-order valence-corrected chi connectivity index (χ0v) is 9.58. The fourth-order valence-electron chi connectivity index (χ4n) is 1.45. The summed E-state index contributed by atoms with van der Waals surface area (Å²) in [5.74, 6) is 4.14. The Bertz CT molecular complexity index is 555. The lowest BCUT2D eigenvalue weighted by molar-refractivity contribution is 0.448. The van der Waals surface area contributed by atoms with E-state index in [4.69, 9.17) is 10.6 Å². The van der Waals surface area contributed by atoms with E-state index < -0.39 is 11.6 Å². The van der Waals surface area contributed by atoms with Gasteiger partial charge in [0.15, 0.2) is 0 Å². The lowest BCUT2D eigenvalue weighted by atomic mass is 10.3. The third-order valence-corrected chi connectivity index (χ3v) is 2.25. The number of ether oxygens (including phenoxy) is 1. The van der Waals surface area contributed by atoms with Crippen LogP contribution in [0.15, 0.2) is 30.5 Å². The van der Waals surface area contributed by atoms with E-state index in [2.05, 4.69) is 10.4 Å². The van der Waals surface area contributed by atoms with Gasteiger partial charge in [-0.1, -0.05) is 0 Å². The van der Waals surface area contributed by atoms with Crippen molar-refractivity contribution in [1.82, 2.24) is 4.98 Å². The summed E-state index contributed by atoms with van der Waals surface area (Å²) in [5, 5.41) is 0. The average molecular weight is 251 g/mol. The molecule has 1 heterocycles. The first kappa shape index (κ1) is 12.3. The third-order valence-electron chi connectivity index (χ3n) is 2.25. The number of benzene rings is 1. The van der Waals surface area contributed by atoms with Crippen molar-refractivity contribution in [1.29, 1.82) is 0 Å². The number of hydrogen-bond donors (Lipinski definition) is 2. The summed E-state index contributed by atoms with van der Waals surface area (Å²) in [5.41, 5.74) is 3.74. The fraction of sp³-hybridized carbons (Fsp3) is 0.0833. The van der Waals surface area contributed by atoms with Gasteiger partial charge in [0.05, 0.1) is 11.9 Å². The molecule has 0 bridgehead atoms. The van der Waals surface area contributed by atoms with Crippen molar-refractivity contribution in [2.24, 2.45) is 5.84 Å². The molecule has 2 rings (SSSR count). The molecule has 2 aromatic rings. The minimum atomic E-state index is -0.706. The third kappa shape index (κ3) is 2.72. The van der Waals surface area contributed by atoms with E-state index in [-0.39, 0.29) is 11.6 Å². The molecule has 1 aromatic carbocycles. The van der Waals surface area contributed by atoms with Crippen LogP contribution in [-0.4, -0.2) is 4.98 Å². The molecule has 0 spiro atoms. The minimum Gasteiger partial charge on any atom is -0.439 e. The lowest BCUT2D eigenvalue weighted by Crippen LogP contribution is -2.07. The number of hydrogen-bond acceptors (Lipinski definition) is 4. The van der Waals surface area contributed by atoms with Crippen LogP contribution < -0.4 is 16.0 Å². The molecule has 0 saturated carbocycles. The Kier molecular flexibility index (Phi) is 3.38. The largest absolute Gasteiger partial charge is 0.439 e. The van der Waals surface area contributed by atoms with E-state index in [1.165, 1.54) is 6.20 Å². The first-order chi connectivity index (χ1) is 8.58.